The summed E-state index contributed by atoms with van der Waals surface area (Å²) < 4.78 is 6.54. The number of pyridine rings is 1. The molecule has 1 fully saturated rings. The fourth-order valence-corrected chi connectivity index (χ4v) is 2.91. The molecule has 3 rings (SSSR count). The van der Waals surface area contributed by atoms with Crippen molar-refractivity contribution < 1.29 is 4.74 Å². The van der Waals surface area contributed by atoms with Gasteiger partial charge in [-0.15, -0.1) is 24.8 Å². The number of hydrogen-bond donors (Lipinski definition) is 1. The molecule has 1 aromatic carbocycles. The van der Waals surface area contributed by atoms with Crippen molar-refractivity contribution in [3.8, 4) is 5.75 Å². The Morgan fingerprint density at radius 3 is 2.32 bits per heavy atom. The highest BCUT2D eigenvalue weighted by molar-refractivity contribution is 9.10. The molecule has 0 saturated carbocycles. The molecule has 0 aliphatic carbocycles. The second-order valence-electron chi connectivity index (χ2n) is 5.76. The smallest absolute Gasteiger partial charge is 0.137 e. The van der Waals surface area contributed by atoms with Crippen molar-refractivity contribution >= 4 is 40.7 Å². The number of benzene rings is 1. The maximum absolute atomic E-state index is 5.72. The molecule has 2 aromatic rings. The van der Waals surface area contributed by atoms with Crippen LogP contribution in [0, 0.1) is 0 Å². The number of ether oxygens (including phenoxy) is 1. The van der Waals surface area contributed by atoms with Crippen molar-refractivity contribution in [3.63, 3.8) is 0 Å². The number of aromatic nitrogens is 1. The molecule has 0 amide bonds. The lowest BCUT2D eigenvalue weighted by atomic mass is 10.1. The van der Waals surface area contributed by atoms with Gasteiger partial charge in [0.25, 0.3) is 0 Å². The summed E-state index contributed by atoms with van der Waals surface area (Å²) in [4.78, 5) is 6.65. The molecule has 1 N–H and O–H groups in total. The van der Waals surface area contributed by atoms with E-state index in [-0.39, 0.29) is 24.8 Å². The van der Waals surface area contributed by atoms with Gasteiger partial charge in [-0.2, -0.15) is 0 Å². The summed E-state index contributed by atoms with van der Waals surface area (Å²) >= 11 is 3.32. The van der Waals surface area contributed by atoms with E-state index in [1.807, 2.05) is 12.1 Å². The molecular formula is C18H24BrCl2N3O. The molecule has 1 saturated heterocycles. The zero-order chi connectivity index (χ0) is 15.9. The molecule has 4 nitrogen and oxygen atoms in total. The van der Waals surface area contributed by atoms with Crippen molar-refractivity contribution in [2.75, 3.05) is 32.8 Å². The van der Waals surface area contributed by atoms with Gasteiger partial charge in [0, 0.05) is 39.1 Å². The Morgan fingerprint density at radius 1 is 1.00 bits per heavy atom. The van der Waals surface area contributed by atoms with Crippen molar-refractivity contribution in [1.29, 1.82) is 0 Å². The van der Waals surface area contributed by atoms with Gasteiger partial charge in [-0.25, -0.2) is 4.98 Å². The maximum atomic E-state index is 5.72. The number of piperazine rings is 1. The van der Waals surface area contributed by atoms with Crippen molar-refractivity contribution in [3.05, 3.63) is 58.3 Å². The summed E-state index contributed by atoms with van der Waals surface area (Å²) in [6, 6.07) is 12.7. The van der Waals surface area contributed by atoms with Gasteiger partial charge in [0.15, 0.2) is 0 Å². The molecular weight excluding hydrogens is 425 g/mol. The summed E-state index contributed by atoms with van der Waals surface area (Å²) in [5, 5.41) is 3.39. The van der Waals surface area contributed by atoms with Crippen LogP contribution >= 0.6 is 40.7 Å². The van der Waals surface area contributed by atoms with Crippen LogP contribution in [0.4, 0.5) is 0 Å². The van der Waals surface area contributed by atoms with Crippen LogP contribution in [0.3, 0.4) is 0 Å². The number of rotatable bonds is 6. The first-order valence-electron chi connectivity index (χ1n) is 8.05. The number of nitrogens with zero attached hydrogens (tertiary/aromatic N) is 2. The van der Waals surface area contributed by atoms with Gasteiger partial charge < -0.3 is 10.1 Å². The molecule has 1 aromatic heterocycles. The van der Waals surface area contributed by atoms with Gasteiger partial charge in [0.05, 0.1) is 12.8 Å². The van der Waals surface area contributed by atoms with E-state index in [0.717, 1.165) is 49.5 Å². The molecule has 1 aliphatic rings. The van der Waals surface area contributed by atoms with Crippen LogP contribution in [-0.2, 0) is 13.0 Å². The fraction of sp³-hybridized carbons (Fsp3) is 0.389. The highest BCUT2D eigenvalue weighted by Crippen LogP contribution is 2.14. The van der Waals surface area contributed by atoms with Crippen LogP contribution < -0.4 is 10.1 Å². The largest absolute Gasteiger partial charge is 0.492 e. The molecule has 0 unspecified atom stereocenters. The second kappa shape index (κ2) is 11.7. The van der Waals surface area contributed by atoms with Gasteiger partial charge in [-0.3, -0.25) is 4.90 Å². The molecule has 7 heteroatoms. The first kappa shape index (κ1) is 22.2. The van der Waals surface area contributed by atoms with Crippen LogP contribution in [0.1, 0.15) is 11.1 Å². The lowest BCUT2D eigenvalue weighted by Crippen LogP contribution is -2.42. The number of hydrogen-bond acceptors (Lipinski definition) is 4. The summed E-state index contributed by atoms with van der Waals surface area (Å²) in [6.07, 6.45) is 2.64. The summed E-state index contributed by atoms with van der Waals surface area (Å²) in [6.45, 7) is 6.18. The monoisotopic (exact) mass is 447 g/mol. The predicted octanol–water partition coefficient (Wildman–Crippen LogP) is 3.71. The van der Waals surface area contributed by atoms with Crippen LogP contribution in [0.5, 0.6) is 5.75 Å². The Bertz CT molecular complexity index is 605. The Kier molecular flexibility index (Phi) is 10.4. The highest BCUT2D eigenvalue weighted by atomic mass is 79.9. The molecule has 0 atom stereocenters. The molecule has 0 radical (unpaired) electrons. The van der Waals surface area contributed by atoms with E-state index < -0.39 is 0 Å². The molecule has 0 spiro atoms. The second-order valence-corrected chi connectivity index (χ2v) is 6.57. The summed E-state index contributed by atoms with van der Waals surface area (Å²) in [5.74, 6) is 0.809. The standard InChI is InChI=1S/C18H22BrN3O.2ClH/c19-18-6-5-17(13-21-18)23-12-7-15-1-3-16(4-2-15)14-22-10-8-20-9-11-22;;/h1-6,13,20H,7-12,14H2;2*1H. The summed E-state index contributed by atoms with van der Waals surface area (Å²) in [5.41, 5.74) is 2.69. The van der Waals surface area contributed by atoms with E-state index >= 15 is 0 Å². The van der Waals surface area contributed by atoms with Crippen LogP contribution in [0.15, 0.2) is 47.2 Å². The SMILES string of the molecule is Brc1ccc(OCCc2ccc(CN3CCNCC3)cc2)cn1.Cl.Cl. The quantitative estimate of drug-likeness (QED) is 0.683. The average molecular weight is 449 g/mol. The fourth-order valence-electron chi connectivity index (χ4n) is 2.67. The Labute approximate surface area is 170 Å². The zero-order valence-corrected chi connectivity index (χ0v) is 17.2. The van der Waals surface area contributed by atoms with Crippen molar-refractivity contribution in [2.24, 2.45) is 0 Å². The van der Waals surface area contributed by atoms with E-state index in [1.54, 1.807) is 6.20 Å². The number of nitrogens with one attached hydrogen (secondary N) is 1. The average Bonchev–Trinajstić information content (AvgIpc) is 2.59. The third-order valence-corrected chi connectivity index (χ3v) is 4.47. The van der Waals surface area contributed by atoms with Gasteiger partial charge in [-0.05, 0) is 39.2 Å². The predicted molar refractivity (Wildman–Crippen MR) is 110 cm³/mol. The molecule has 0 bridgehead atoms. The van der Waals surface area contributed by atoms with Gasteiger partial charge >= 0.3 is 0 Å². The normalized spacial score (nSPS) is 14.3. The third-order valence-electron chi connectivity index (χ3n) is 4.00. The Morgan fingerprint density at radius 2 is 1.68 bits per heavy atom. The van der Waals surface area contributed by atoms with Crippen molar-refractivity contribution in [2.45, 2.75) is 13.0 Å². The molecule has 2 heterocycles. The third kappa shape index (κ3) is 7.50. The first-order chi connectivity index (χ1) is 11.3. The van der Waals surface area contributed by atoms with Gasteiger partial charge in [0.1, 0.15) is 10.4 Å². The van der Waals surface area contributed by atoms with E-state index in [4.69, 9.17) is 4.74 Å². The minimum Gasteiger partial charge on any atom is -0.492 e. The molecule has 138 valence electrons. The number of halogens is 3. The minimum atomic E-state index is 0. The van der Waals surface area contributed by atoms with Crippen LogP contribution in [0.25, 0.3) is 0 Å². The first-order valence-corrected chi connectivity index (χ1v) is 8.84. The van der Waals surface area contributed by atoms with E-state index in [9.17, 15) is 0 Å². The lowest BCUT2D eigenvalue weighted by molar-refractivity contribution is 0.233. The molecule has 1 aliphatic heterocycles. The van der Waals surface area contributed by atoms with Gasteiger partial charge in [-0.1, -0.05) is 24.3 Å². The Hall–Kier alpha value is -0.850. The zero-order valence-electron chi connectivity index (χ0n) is 14.0. The van der Waals surface area contributed by atoms with E-state index in [2.05, 4.69) is 55.4 Å². The van der Waals surface area contributed by atoms with Gasteiger partial charge in [0.2, 0.25) is 0 Å². The van der Waals surface area contributed by atoms with Crippen LogP contribution in [0.2, 0.25) is 0 Å². The Balaban J connectivity index is 0.00000156. The highest BCUT2D eigenvalue weighted by Gasteiger charge is 2.09. The lowest BCUT2D eigenvalue weighted by Gasteiger charge is -2.27. The maximum Gasteiger partial charge on any atom is 0.137 e. The van der Waals surface area contributed by atoms with Crippen molar-refractivity contribution in [1.82, 2.24) is 15.2 Å². The van der Waals surface area contributed by atoms with Crippen LogP contribution in [-0.4, -0.2) is 42.7 Å². The van der Waals surface area contributed by atoms with E-state index in [1.165, 1.54) is 11.1 Å². The summed E-state index contributed by atoms with van der Waals surface area (Å²) in [7, 11) is 0. The topological polar surface area (TPSA) is 37.4 Å². The molecule has 25 heavy (non-hydrogen) atoms. The minimum absolute atomic E-state index is 0. The van der Waals surface area contributed by atoms with E-state index in [0.29, 0.717) is 6.61 Å².